The predicted molar refractivity (Wildman–Crippen MR) is 79.7 cm³/mol. The van der Waals surface area contributed by atoms with E-state index in [1.165, 1.54) is 0 Å². The maximum absolute atomic E-state index is 11.6. The molecule has 1 aromatic rings. The Morgan fingerprint density at radius 1 is 1.26 bits per heavy atom. The third kappa shape index (κ3) is 3.84. The minimum absolute atomic E-state index is 0.202. The van der Waals surface area contributed by atoms with Crippen LogP contribution >= 0.6 is 11.6 Å². The van der Waals surface area contributed by atoms with Crippen LogP contribution in [0.3, 0.4) is 0 Å². The number of rotatable bonds is 3. The lowest BCUT2D eigenvalue weighted by Crippen LogP contribution is -2.27. The van der Waals surface area contributed by atoms with Gasteiger partial charge < -0.3 is 10.6 Å². The van der Waals surface area contributed by atoms with Gasteiger partial charge in [-0.05, 0) is 37.1 Å². The van der Waals surface area contributed by atoms with E-state index in [0.29, 0.717) is 24.5 Å². The van der Waals surface area contributed by atoms with Crippen molar-refractivity contribution in [3.05, 3.63) is 28.8 Å². The van der Waals surface area contributed by atoms with Gasteiger partial charge in [0.2, 0.25) is 0 Å². The number of hydrogen-bond donors (Lipinski definition) is 1. The summed E-state index contributed by atoms with van der Waals surface area (Å²) >= 11 is 6.29. The van der Waals surface area contributed by atoms with Crippen molar-refractivity contribution in [2.24, 2.45) is 5.73 Å². The molecule has 2 rings (SSSR count). The summed E-state index contributed by atoms with van der Waals surface area (Å²) in [6.07, 6.45) is 1.46. The van der Waals surface area contributed by atoms with Crippen molar-refractivity contribution in [3.63, 3.8) is 0 Å². The number of nitrogens with two attached hydrogens (primary N) is 1. The Morgan fingerprint density at radius 2 is 2.05 bits per heavy atom. The van der Waals surface area contributed by atoms with Gasteiger partial charge in [0.25, 0.3) is 0 Å². The number of sulfone groups is 1. The van der Waals surface area contributed by atoms with Gasteiger partial charge in [0.15, 0.2) is 9.84 Å². The van der Waals surface area contributed by atoms with E-state index in [4.69, 9.17) is 17.3 Å². The fraction of sp³-hybridized carbons (Fsp3) is 0.538. The molecule has 1 heterocycles. The van der Waals surface area contributed by atoms with E-state index < -0.39 is 9.84 Å². The highest BCUT2D eigenvalue weighted by atomic mass is 35.5. The Kier molecular flexibility index (Phi) is 4.71. The van der Waals surface area contributed by atoms with Gasteiger partial charge in [-0.2, -0.15) is 0 Å². The molecule has 6 heteroatoms. The molecule has 0 radical (unpaired) electrons. The molecule has 1 aromatic carbocycles. The van der Waals surface area contributed by atoms with Crippen LogP contribution in [0.4, 0.5) is 5.69 Å². The topological polar surface area (TPSA) is 63.4 Å². The van der Waals surface area contributed by atoms with Crippen LogP contribution in [0.1, 0.15) is 12.0 Å². The van der Waals surface area contributed by atoms with Gasteiger partial charge >= 0.3 is 0 Å². The molecule has 0 bridgehead atoms. The highest BCUT2D eigenvalue weighted by Gasteiger charge is 2.20. The third-order valence-corrected chi connectivity index (χ3v) is 5.36. The van der Waals surface area contributed by atoms with Gasteiger partial charge in [0.1, 0.15) is 0 Å². The van der Waals surface area contributed by atoms with E-state index in [1.54, 1.807) is 0 Å². The number of benzene rings is 1. The average molecular weight is 303 g/mol. The van der Waals surface area contributed by atoms with Gasteiger partial charge in [-0.15, -0.1) is 0 Å². The van der Waals surface area contributed by atoms with Crippen LogP contribution in [-0.4, -0.2) is 39.6 Å². The minimum Gasteiger partial charge on any atom is -0.369 e. The van der Waals surface area contributed by atoms with Crippen molar-refractivity contribution in [2.45, 2.75) is 12.8 Å². The molecule has 0 spiro atoms. The predicted octanol–water partition coefficient (Wildman–Crippen LogP) is 1.47. The van der Waals surface area contributed by atoms with Gasteiger partial charge in [-0.1, -0.05) is 17.7 Å². The van der Waals surface area contributed by atoms with E-state index in [1.807, 2.05) is 18.2 Å². The highest BCUT2D eigenvalue weighted by molar-refractivity contribution is 7.91. The molecule has 4 nitrogen and oxygen atoms in total. The lowest BCUT2D eigenvalue weighted by atomic mass is 10.1. The zero-order valence-electron chi connectivity index (χ0n) is 10.8. The molecule has 1 fully saturated rings. The van der Waals surface area contributed by atoms with Gasteiger partial charge in [0, 0.05) is 13.1 Å². The molecule has 0 aromatic heterocycles. The summed E-state index contributed by atoms with van der Waals surface area (Å²) in [6, 6.07) is 5.89. The molecular weight excluding hydrogens is 284 g/mol. The van der Waals surface area contributed by atoms with Crippen LogP contribution in [0.5, 0.6) is 0 Å². The molecule has 19 heavy (non-hydrogen) atoms. The second-order valence-corrected chi connectivity index (χ2v) is 7.53. The third-order valence-electron chi connectivity index (χ3n) is 3.34. The number of halogens is 1. The van der Waals surface area contributed by atoms with E-state index >= 15 is 0 Å². The number of anilines is 1. The summed E-state index contributed by atoms with van der Waals surface area (Å²) in [5, 5.41) is 0.672. The molecular formula is C13H19ClN2O2S. The first-order valence-electron chi connectivity index (χ1n) is 6.46. The van der Waals surface area contributed by atoms with Crippen LogP contribution < -0.4 is 10.6 Å². The second kappa shape index (κ2) is 6.11. The molecule has 106 valence electrons. The van der Waals surface area contributed by atoms with Crippen molar-refractivity contribution in [1.82, 2.24) is 0 Å². The monoisotopic (exact) mass is 302 g/mol. The molecule has 0 saturated carbocycles. The minimum atomic E-state index is -2.89. The number of nitrogens with zero attached hydrogens (tertiary/aromatic N) is 1. The van der Waals surface area contributed by atoms with Crippen molar-refractivity contribution in [1.29, 1.82) is 0 Å². The van der Waals surface area contributed by atoms with Crippen molar-refractivity contribution in [3.8, 4) is 0 Å². The lowest BCUT2D eigenvalue weighted by molar-refractivity contribution is 0.597. The quantitative estimate of drug-likeness (QED) is 0.918. The SMILES string of the molecule is NCCc1ccc(N2CCCS(=O)(=O)CC2)c(Cl)c1. The molecule has 0 aliphatic carbocycles. The van der Waals surface area contributed by atoms with Gasteiger partial charge in [0.05, 0.1) is 22.2 Å². The van der Waals surface area contributed by atoms with Crippen molar-refractivity contribution in [2.75, 3.05) is 36.0 Å². The van der Waals surface area contributed by atoms with E-state index in [0.717, 1.165) is 24.2 Å². The van der Waals surface area contributed by atoms with Gasteiger partial charge in [-0.25, -0.2) is 8.42 Å². The summed E-state index contributed by atoms with van der Waals surface area (Å²) in [6.45, 7) is 1.84. The Labute approximate surface area is 119 Å². The molecule has 0 atom stereocenters. The van der Waals surface area contributed by atoms with Crippen LogP contribution in [0.15, 0.2) is 18.2 Å². The molecule has 1 saturated heterocycles. The first kappa shape index (κ1) is 14.6. The zero-order chi connectivity index (χ0) is 13.9. The Hall–Kier alpha value is -0.780. The summed E-state index contributed by atoms with van der Waals surface area (Å²) in [4.78, 5) is 2.05. The van der Waals surface area contributed by atoms with E-state index in [9.17, 15) is 8.42 Å². The summed E-state index contributed by atoms with van der Waals surface area (Å²) < 4.78 is 23.2. The Balaban J connectivity index is 2.17. The Morgan fingerprint density at radius 3 is 2.74 bits per heavy atom. The molecule has 1 aliphatic rings. The van der Waals surface area contributed by atoms with Crippen LogP contribution in [0, 0.1) is 0 Å². The zero-order valence-corrected chi connectivity index (χ0v) is 12.4. The van der Waals surface area contributed by atoms with Crippen molar-refractivity contribution >= 4 is 27.1 Å². The average Bonchev–Trinajstić information content (AvgIpc) is 2.51. The van der Waals surface area contributed by atoms with E-state index in [2.05, 4.69) is 4.90 Å². The second-order valence-electron chi connectivity index (χ2n) is 4.82. The first-order chi connectivity index (χ1) is 9.02. The summed E-state index contributed by atoms with van der Waals surface area (Å²) in [7, 11) is -2.89. The summed E-state index contributed by atoms with van der Waals surface area (Å²) in [5.41, 5.74) is 7.55. The normalized spacial score (nSPS) is 19.2. The first-order valence-corrected chi connectivity index (χ1v) is 8.65. The number of hydrogen-bond acceptors (Lipinski definition) is 4. The maximum atomic E-state index is 11.6. The summed E-state index contributed by atoms with van der Waals surface area (Å²) in [5.74, 6) is 0.472. The highest BCUT2D eigenvalue weighted by Crippen LogP contribution is 2.28. The fourth-order valence-corrected chi connectivity index (χ4v) is 3.90. The molecule has 1 aliphatic heterocycles. The fourth-order valence-electron chi connectivity index (χ4n) is 2.31. The van der Waals surface area contributed by atoms with Crippen LogP contribution in [-0.2, 0) is 16.3 Å². The van der Waals surface area contributed by atoms with Crippen LogP contribution in [0.2, 0.25) is 5.02 Å². The molecule has 0 unspecified atom stereocenters. The van der Waals surface area contributed by atoms with Crippen LogP contribution in [0.25, 0.3) is 0 Å². The van der Waals surface area contributed by atoms with Crippen molar-refractivity contribution < 1.29 is 8.42 Å². The lowest BCUT2D eigenvalue weighted by Gasteiger charge is -2.23. The van der Waals surface area contributed by atoms with Gasteiger partial charge in [-0.3, -0.25) is 0 Å². The largest absolute Gasteiger partial charge is 0.369 e. The Bertz CT molecular complexity index is 546. The smallest absolute Gasteiger partial charge is 0.152 e. The standard InChI is InChI=1S/C13H19ClN2O2S/c14-12-10-11(4-5-15)2-3-13(12)16-6-1-8-19(17,18)9-7-16/h2-3,10H,1,4-9,15H2. The van der Waals surface area contributed by atoms with E-state index in [-0.39, 0.29) is 11.5 Å². The molecule has 2 N–H and O–H groups in total. The molecule has 0 amide bonds. The maximum Gasteiger partial charge on any atom is 0.152 e.